The van der Waals surface area contributed by atoms with Gasteiger partial charge in [-0.05, 0) is 29.3 Å². The van der Waals surface area contributed by atoms with Gasteiger partial charge in [0.2, 0.25) is 5.91 Å². The van der Waals surface area contributed by atoms with Crippen LogP contribution in [0.1, 0.15) is 24.0 Å². The second-order valence-corrected chi connectivity index (χ2v) is 6.15. The summed E-state index contributed by atoms with van der Waals surface area (Å²) in [5.41, 5.74) is 0.635. The molecule has 6 nitrogen and oxygen atoms in total. The lowest BCUT2D eigenvalue weighted by Crippen LogP contribution is -2.51. The van der Waals surface area contributed by atoms with Crippen LogP contribution in [0.25, 0.3) is 6.08 Å². The fourth-order valence-electron chi connectivity index (χ4n) is 3.07. The molecular formula is C18H21NO5. The zero-order valence-corrected chi connectivity index (χ0v) is 13.7. The minimum atomic E-state index is -1.48. The van der Waals surface area contributed by atoms with Crippen molar-refractivity contribution in [3.63, 3.8) is 0 Å². The molecule has 0 atom stereocenters. The van der Waals surface area contributed by atoms with Crippen LogP contribution in [0.15, 0.2) is 24.3 Å². The topological polar surface area (TPSA) is 76.1 Å². The van der Waals surface area contributed by atoms with Crippen LogP contribution in [0.5, 0.6) is 5.75 Å². The zero-order valence-electron chi connectivity index (χ0n) is 13.7. The molecule has 1 amide bonds. The minimum Gasteiger partial charge on any atom is -0.493 e. The molecule has 1 aromatic rings. The highest BCUT2D eigenvalue weighted by molar-refractivity contribution is 5.92. The summed E-state index contributed by atoms with van der Waals surface area (Å²) in [6.07, 6.45) is 4.58. The number of hydrogen-bond acceptors (Lipinski definition) is 5. The Hall–Kier alpha value is -2.34. The molecule has 0 bridgehead atoms. The lowest BCUT2D eigenvalue weighted by Gasteiger charge is -2.35. The van der Waals surface area contributed by atoms with Gasteiger partial charge in [0.1, 0.15) is 5.75 Å². The highest BCUT2D eigenvalue weighted by Gasteiger charge is 2.41. The van der Waals surface area contributed by atoms with Crippen LogP contribution in [0.4, 0.5) is 0 Å². The van der Waals surface area contributed by atoms with Gasteiger partial charge in [0.05, 0.1) is 13.7 Å². The largest absolute Gasteiger partial charge is 0.493 e. The van der Waals surface area contributed by atoms with Crippen LogP contribution in [0.3, 0.4) is 0 Å². The summed E-state index contributed by atoms with van der Waals surface area (Å²) in [5, 5.41) is 10.2. The quantitative estimate of drug-likeness (QED) is 0.664. The van der Waals surface area contributed by atoms with Crippen LogP contribution in [0, 0.1) is 0 Å². The van der Waals surface area contributed by atoms with Gasteiger partial charge >= 0.3 is 5.97 Å². The highest BCUT2D eigenvalue weighted by atomic mass is 16.5. The molecule has 2 aliphatic rings. The third kappa shape index (κ3) is 3.28. The highest BCUT2D eigenvalue weighted by Crippen LogP contribution is 2.27. The summed E-state index contributed by atoms with van der Waals surface area (Å²) < 4.78 is 10.1. The van der Waals surface area contributed by atoms with Crippen molar-refractivity contribution in [1.29, 1.82) is 0 Å². The first-order chi connectivity index (χ1) is 11.5. The second kappa shape index (κ2) is 6.65. The number of benzene rings is 1. The number of amides is 1. The summed E-state index contributed by atoms with van der Waals surface area (Å²) in [7, 11) is 1.25. The Morgan fingerprint density at radius 1 is 1.33 bits per heavy atom. The van der Waals surface area contributed by atoms with Crippen molar-refractivity contribution >= 4 is 18.0 Å². The van der Waals surface area contributed by atoms with Crippen LogP contribution in [-0.4, -0.2) is 54.3 Å². The normalized spacial score (nSPS) is 19.0. The molecule has 0 spiro atoms. The molecule has 0 aromatic heterocycles. The number of piperidine rings is 1. The van der Waals surface area contributed by atoms with Gasteiger partial charge in [-0.15, -0.1) is 0 Å². The molecule has 3 rings (SSSR count). The van der Waals surface area contributed by atoms with Gasteiger partial charge in [-0.25, -0.2) is 4.79 Å². The Balaban J connectivity index is 1.59. The number of methoxy groups -OCH3 is 1. The maximum Gasteiger partial charge on any atom is 0.337 e. The maximum atomic E-state index is 12.3. The van der Waals surface area contributed by atoms with Gasteiger partial charge < -0.3 is 19.5 Å². The Bertz CT molecular complexity index is 674. The van der Waals surface area contributed by atoms with Crippen molar-refractivity contribution in [2.75, 3.05) is 26.8 Å². The molecular weight excluding hydrogens is 310 g/mol. The van der Waals surface area contributed by atoms with Gasteiger partial charge in [0.25, 0.3) is 0 Å². The third-order valence-electron chi connectivity index (χ3n) is 4.60. The lowest BCUT2D eigenvalue weighted by atomic mass is 9.91. The molecule has 1 N–H and O–H groups in total. The molecule has 0 radical (unpaired) electrons. The predicted molar refractivity (Wildman–Crippen MR) is 87.5 cm³/mol. The van der Waals surface area contributed by atoms with E-state index in [0.717, 1.165) is 23.3 Å². The van der Waals surface area contributed by atoms with E-state index in [-0.39, 0.29) is 18.7 Å². The van der Waals surface area contributed by atoms with E-state index in [2.05, 4.69) is 4.74 Å². The van der Waals surface area contributed by atoms with E-state index in [4.69, 9.17) is 4.74 Å². The van der Waals surface area contributed by atoms with Crippen molar-refractivity contribution in [2.24, 2.45) is 0 Å². The first kappa shape index (κ1) is 16.5. The monoisotopic (exact) mass is 331 g/mol. The fourth-order valence-corrected chi connectivity index (χ4v) is 3.07. The van der Waals surface area contributed by atoms with E-state index in [1.807, 2.05) is 18.2 Å². The van der Waals surface area contributed by atoms with E-state index in [9.17, 15) is 14.7 Å². The average molecular weight is 331 g/mol. The van der Waals surface area contributed by atoms with Gasteiger partial charge in [-0.2, -0.15) is 0 Å². The van der Waals surface area contributed by atoms with Crippen LogP contribution >= 0.6 is 0 Å². The molecule has 2 heterocycles. The van der Waals surface area contributed by atoms with E-state index in [1.54, 1.807) is 11.0 Å². The standard InChI is InChI=1S/C18H21NO5/c1-23-17(21)18(22)7-9-19(10-8-18)16(20)5-3-13-2-4-15-14(12-13)6-11-24-15/h2-5,12,22H,6-11H2,1H3/b5-3+. The van der Waals surface area contributed by atoms with Gasteiger partial charge in [-0.3, -0.25) is 4.79 Å². The number of carbonyl (C=O) groups is 2. The van der Waals surface area contributed by atoms with Gasteiger partial charge in [0, 0.05) is 38.4 Å². The van der Waals surface area contributed by atoms with Crippen molar-refractivity contribution in [1.82, 2.24) is 4.90 Å². The van der Waals surface area contributed by atoms with E-state index in [1.165, 1.54) is 13.2 Å². The number of nitrogens with zero attached hydrogens (tertiary/aromatic N) is 1. The SMILES string of the molecule is COC(=O)C1(O)CCN(C(=O)/C=C/c2ccc3c(c2)CCO3)CC1. The summed E-state index contributed by atoms with van der Waals surface area (Å²) in [6, 6.07) is 5.86. The van der Waals surface area contributed by atoms with Crippen molar-refractivity contribution in [2.45, 2.75) is 24.9 Å². The van der Waals surface area contributed by atoms with Crippen molar-refractivity contribution in [3.05, 3.63) is 35.4 Å². The van der Waals surface area contributed by atoms with E-state index >= 15 is 0 Å². The Kier molecular flexibility index (Phi) is 4.57. The number of rotatable bonds is 3. The molecule has 24 heavy (non-hydrogen) atoms. The lowest BCUT2D eigenvalue weighted by molar-refractivity contribution is -0.168. The molecule has 0 aliphatic carbocycles. The molecule has 128 valence electrons. The van der Waals surface area contributed by atoms with Crippen LogP contribution in [0.2, 0.25) is 0 Å². The van der Waals surface area contributed by atoms with Crippen LogP contribution in [-0.2, 0) is 20.7 Å². The van der Waals surface area contributed by atoms with Crippen LogP contribution < -0.4 is 4.74 Å². The molecule has 1 fully saturated rings. The Morgan fingerprint density at radius 3 is 2.79 bits per heavy atom. The van der Waals surface area contributed by atoms with Crippen molar-refractivity contribution in [3.8, 4) is 5.75 Å². The maximum absolute atomic E-state index is 12.3. The molecule has 0 unspecified atom stereocenters. The number of hydrogen-bond donors (Lipinski definition) is 1. The average Bonchev–Trinajstić information content (AvgIpc) is 3.07. The van der Waals surface area contributed by atoms with E-state index < -0.39 is 11.6 Å². The van der Waals surface area contributed by atoms with Crippen molar-refractivity contribution < 1.29 is 24.2 Å². The number of fused-ring (bicyclic) bond motifs is 1. The zero-order chi connectivity index (χ0) is 17.2. The first-order valence-corrected chi connectivity index (χ1v) is 8.05. The van der Waals surface area contributed by atoms with Gasteiger partial charge in [0.15, 0.2) is 5.60 Å². The predicted octanol–water partition coefficient (Wildman–Crippen LogP) is 1.16. The summed E-state index contributed by atoms with van der Waals surface area (Å²) in [6.45, 7) is 1.36. The molecule has 1 aromatic carbocycles. The van der Waals surface area contributed by atoms with E-state index in [0.29, 0.717) is 19.7 Å². The molecule has 1 saturated heterocycles. The number of aliphatic hydroxyl groups is 1. The number of likely N-dealkylation sites (tertiary alicyclic amines) is 1. The number of carbonyl (C=O) groups excluding carboxylic acids is 2. The smallest absolute Gasteiger partial charge is 0.337 e. The van der Waals surface area contributed by atoms with Gasteiger partial charge in [-0.1, -0.05) is 6.07 Å². The molecule has 6 heteroatoms. The Labute approximate surface area is 140 Å². The Morgan fingerprint density at radius 2 is 2.08 bits per heavy atom. The molecule has 2 aliphatic heterocycles. The third-order valence-corrected chi connectivity index (χ3v) is 4.60. The fraction of sp³-hybridized carbons (Fsp3) is 0.444. The summed E-state index contributed by atoms with van der Waals surface area (Å²) >= 11 is 0. The first-order valence-electron chi connectivity index (χ1n) is 8.05. The summed E-state index contributed by atoms with van der Waals surface area (Å²) in [4.78, 5) is 25.5. The number of esters is 1. The number of ether oxygens (including phenoxy) is 2. The minimum absolute atomic E-state index is 0.126. The summed E-state index contributed by atoms with van der Waals surface area (Å²) in [5.74, 6) is 0.153. The molecule has 0 saturated carbocycles. The second-order valence-electron chi connectivity index (χ2n) is 6.15.